The lowest BCUT2D eigenvalue weighted by molar-refractivity contribution is -0.215. The van der Waals surface area contributed by atoms with Crippen LogP contribution in [0.15, 0.2) is 0 Å². The second-order valence-corrected chi connectivity index (χ2v) is 3.89. The summed E-state index contributed by atoms with van der Waals surface area (Å²) in [6, 6.07) is 0. The average Bonchev–Trinajstić information content (AvgIpc) is 2.16. The van der Waals surface area contributed by atoms with Crippen LogP contribution in [-0.4, -0.2) is 62.8 Å². The van der Waals surface area contributed by atoms with Crippen molar-refractivity contribution in [3.63, 3.8) is 0 Å². The minimum absolute atomic E-state index is 0.0411. The molecule has 0 amide bonds. The first-order valence-corrected chi connectivity index (χ1v) is 5.01. The Balaban J connectivity index is 2.40. The molecule has 1 aliphatic heterocycles. The Kier molecular flexibility index (Phi) is 4.91. The van der Waals surface area contributed by atoms with E-state index in [2.05, 4.69) is 0 Å². The van der Waals surface area contributed by atoms with E-state index in [1.54, 1.807) is 0 Å². The molecule has 1 fully saturated rings. The van der Waals surface area contributed by atoms with Crippen LogP contribution >= 0.6 is 0 Å². The zero-order valence-corrected chi connectivity index (χ0v) is 8.36. The van der Waals surface area contributed by atoms with E-state index in [9.17, 15) is 15.3 Å². The standard InChI is InChI=1S/C9H18O6/c10-4-6(12)1-7(13)8-2-5(11)3-9(14)15-8/h5-14H,1-4H2. The summed E-state index contributed by atoms with van der Waals surface area (Å²) >= 11 is 0. The first-order chi connectivity index (χ1) is 7.02. The summed E-state index contributed by atoms with van der Waals surface area (Å²) in [6.07, 6.45) is -4.20. The monoisotopic (exact) mass is 222 g/mol. The second kappa shape index (κ2) is 5.74. The van der Waals surface area contributed by atoms with E-state index < -0.39 is 37.3 Å². The minimum atomic E-state index is -1.08. The SMILES string of the molecule is OCC(O)CC(O)C1CC(O)CC(O)O1. The molecule has 0 aromatic rings. The van der Waals surface area contributed by atoms with Crippen LogP contribution in [0.1, 0.15) is 19.3 Å². The molecular formula is C9H18O6. The predicted octanol–water partition coefficient (Wildman–Crippen LogP) is -2.05. The molecular weight excluding hydrogens is 204 g/mol. The van der Waals surface area contributed by atoms with Gasteiger partial charge in [-0.15, -0.1) is 0 Å². The largest absolute Gasteiger partial charge is 0.394 e. The lowest BCUT2D eigenvalue weighted by atomic mass is 9.97. The Morgan fingerprint density at radius 3 is 2.40 bits per heavy atom. The van der Waals surface area contributed by atoms with Crippen molar-refractivity contribution in [3.8, 4) is 0 Å². The van der Waals surface area contributed by atoms with Gasteiger partial charge in [0.1, 0.15) is 0 Å². The highest BCUT2D eigenvalue weighted by Crippen LogP contribution is 2.22. The molecule has 15 heavy (non-hydrogen) atoms. The van der Waals surface area contributed by atoms with E-state index in [0.29, 0.717) is 0 Å². The molecule has 5 N–H and O–H groups in total. The van der Waals surface area contributed by atoms with E-state index in [1.807, 2.05) is 0 Å². The van der Waals surface area contributed by atoms with E-state index in [1.165, 1.54) is 0 Å². The van der Waals surface area contributed by atoms with Crippen molar-refractivity contribution in [2.45, 2.75) is 50.0 Å². The van der Waals surface area contributed by atoms with E-state index in [-0.39, 0.29) is 19.3 Å². The molecule has 5 unspecified atom stereocenters. The molecule has 6 nitrogen and oxygen atoms in total. The molecule has 5 atom stereocenters. The fraction of sp³-hybridized carbons (Fsp3) is 1.00. The number of aliphatic hydroxyl groups excluding tert-OH is 5. The Morgan fingerprint density at radius 1 is 1.20 bits per heavy atom. The fourth-order valence-corrected chi connectivity index (χ4v) is 1.66. The quantitative estimate of drug-likeness (QED) is 0.374. The molecule has 6 heteroatoms. The fourth-order valence-electron chi connectivity index (χ4n) is 1.66. The summed E-state index contributed by atoms with van der Waals surface area (Å²) in [6.45, 7) is -0.436. The number of hydrogen-bond acceptors (Lipinski definition) is 6. The Morgan fingerprint density at radius 2 is 1.87 bits per heavy atom. The lowest BCUT2D eigenvalue weighted by Gasteiger charge is -2.33. The average molecular weight is 222 g/mol. The van der Waals surface area contributed by atoms with Crippen LogP contribution in [0.2, 0.25) is 0 Å². The van der Waals surface area contributed by atoms with Crippen LogP contribution in [0.3, 0.4) is 0 Å². The van der Waals surface area contributed by atoms with Crippen LogP contribution in [0.25, 0.3) is 0 Å². The molecule has 1 aliphatic rings. The summed E-state index contributed by atoms with van der Waals surface area (Å²) in [7, 11) is 0. The van der Waals surface area contributed by atoms with Gasteiger partial charge in [0.05, 0.1) is 31.0 Å². The van der Waals surface area contributed by atoms with Crippen molar-refractivity contribution < 1.29 is 30.3 Å². The molecule has 90 valence electrons. The first-order valence-electron chi connectivity index (χ1n) is 5.01. The molecule has 0 bridgehead atoms. The highest BCUT2D eigenvalue weighted by molar-refractivity contribution is 4.79. The van der Waals surface area contributed by atoms with Gasteiger partial charge in [-0.3, -0.25) is 0 Å². The number of ether oxygens (including phenoxy) is 1. The van der Waals surface area contributed by atoms with Crippen molar-refractivity contribution in [2.24, 2.45) is 0 Å². The molecule has 0 saturated carbocycles. The van der Waals surface area contributed by atoms with Crippen molar-refractivity contribution in [1.82, 2.24) is 0 Å². The topological polar surface area (TPSA) is 110 Å². The molecule has 0 aromatic carbocycles. The lowest BCUT2D eigenvalue weighted by Crippen LogP contribution is -2.43. The number of hydrogen-bond donors (Lipinski definition) is 5. The van der Waals surface area contributed by atoms with Gasteiger partial charge in [0.2, 0.25) is 0 Å². The van der Waals surface area contributed by atoms with Gasteiger partial charge in [0.25, 0.3) is 0 Å². The first kappa shape index (κ1) is 12.8. The van der Waals surface area contributed by atoms with Gasteiger partial charge in [-0.05, 0) is 0 Å². The maximum Gasteiger partial charge on any atom is 0.157 e. The molecule has 1 heterocycles. The van der Waals surface area contributed by atoms with Crippen molar-refractivity contribution >= 4 is 0 Å². The van der Waals surface area contributed by atoms with Crippen molar-refractivity contribution in [1.29, 1.82) is 0 Å². The van der Waals surface area contributed by atoms with Gasteiger partial charge >= 0.3 is 0 Å². The van der Waals surface area contributed by atoms with Gasteiger partial charge in [0.15, 0.2) is 6.29 Å². The summed E-state index contributed by atoms with van der Waals surface area (Å²) in [4.78, 5) is 0. The third kappa shape index (κ3) is 4.02. The maximum atomic E-state index is 9.59. The maximum absolute atomic E-state index is 9.59. The molecule has 0 radical (unpaired) electrons. The van der Waals surface area contributed by atoms with Crippen LogP contribution < -0.4 is 0 Å². The van der Waals surface area contributed by atoms with Gasteiger partial charge in [0, 0.05) is 19.3 Å². The smallest absolute Gasteiger partial charge is 0.157 e. The molecule has 0 spiro atoms. The summed E-state index contributed by atoms with van der Waals surface area (Å²) in [5, 5.41) is 45.8. The number of rotatable bonds is 4. The Bertz CT molecular complexity index is 177. The molecule has 0 aliphatic carbocycles. The van der Waals surface area contributed by atoms with Gasteiger partial charge in [-0.1, -0.05) is 0 Å². The van der Waals surface area contributed by atoms with Crippen LogP contribution in [-0.2, 0) is 4.74 Å². The third-order valence-electron chi connectivity index (χ3n) is 2.46. The zero-order chi connectivity index (χ0) is 11.4. The van der Waals surface area contributed by atoms with Crippen molar-refractivity contribution in [2.75, 3.05) is 6.61 Å². The normalized spacial score (nSPS) is 36.2. The Hall–Kier alpha value is -0.240. The summed E-state index contributed by atoms with van der Waals surface area (Å²) < 4.78 is 5.02. The van der Waals surface area contributed by atoms with Crippen LogP contribution in [0, 0.1) is 0 Å². The van der Waals surface area contributed by atoms with E-state index >= 15 is 0 Å². The summed E-state index contributed by atoms with van der Waals surface area (Å²) in [5.41, 5.74) is 0. The van der Waals surface area contributed by atoms with Gasteiger partial charge in [-0.2, -0.15) is 0 Å². The van der Waals surface area contributed by atoms with Gasteiger partial charge in [-0.25, -0.2) is 0 Å². The molecule has 1 saturated heterocycles. The molecule has 1 rings (SSSR count). The number of aliphatic hydroxyl groups is 5. The Labute approximate surface area is 87.7 Å². The van der Waals surface area contributed by atoms with E-state index in [0.717, 1.165) is 0 Å². The molecule has 0 aromatic heterocycles. The second-order valence-electron chi connectivity index (χ2n) is 3.89. The summed E-state index contributed by atoms with van der Waals surface area (Å²) in [5.74, 6) is 0. The zero-order valence-electron chi connectivity index (χ0n) is 8.36. The van der Waals surface area contributed by atoms with Crippen molar-refractivity contribution in [3.05, 3.63) is 0 Å². The van der Waals surface area contributed by atoms with Crippen LogP contribution in [0.4, 0.5) is 0 Å². The third-order valence-corrected chi connectivity index (χ3v) is 2.46. The van der Waals surface area contributed by atoms with E-state index in [4.69, 9.17) is 14.9 Å². The predicted molar refractivity (Wildman–Crippen MR) is 49.8 cm³/mol. The minimum Gasteiger partial charge on any atom is -0.394 e. The highest BCUT2D eigenvalue weighted by Gasteiger charge is 2.32. The van der Waals surface area contributed by atoms with Crippen LogP contribution in [0.5, 0.6) is 0 Å². The van der Waals surface area contributed by atoms with Gasteiger partial charge < -0.3 is 30.3 Å². The highest BCUT2D eigenvalue weighted by atomic mass is 16.6.